The lowest BCUT2D eigenvalue weighted by Gasteiger charge is -2.48. The standard InChI is InChI=1S/C22H13ClF2N4O2/c1-12-21(11-28)19(29)31-22(12,13-3-2-4-14(23)7-13)30-18(20(21,9-26)10-27)16-6-5-15(24)8-17(16)25/h2-8,12,18,29H,1H3. The topological polar surface area (TPSA) is 114 Å². The zero-order valence-electron chi connectivity index (χ0n) is 16.0. The second kappa shape index (κ2) is 6.75. The summed E-state index contributed by atoms with van der Waals surface area (Å²) in [6, 6.07) is 14.4. The van der Waals surface area contributed by atoms with Crippen molar-refractivity contribution in [3.63, 3.8) is 0 Å². The lowest BCUT2D eigenvalue weighted by atomic mass is 9.53. The summed E-state index contributed by atoms with van der Waals surface area (Å²) in [5.41, 5.74) is -4.43. The van der Waals surface area contributed by atoms with Crippen molar-refractivity contribution < 1.29 is 18.3 Å². The van der Waals surface area contributed by atoms with Crippen LogP contribution in [-0.4, -0.2) is 5.90 Å². The second-order valence-electron chi connectivity index (χ2n) is 7.45. The third-order valence-corrected chi connectivity index (χ3v) is 6.38. The maximum atomic E-state index is 14.8. The Balaban J connectivity index is 2.07. The molecule has 0 amide bonds. The first-order chi connectivity index (χ1) is 14.7. The lowest BCUT2D eigenvalue weighted by molar-refractivity contribution is -0.289. The fraction of sp³-hybridized carbons (Fsp3) is 0.273. The summed E-state index contributed by atoms with van der Waals surface area (Å²) in [5, 5.41) is 39.2. The summed E-state index contributed by atoms with van der Waals surface area (Å²) in [6.07, 6.45) is -1.67. The summed E-state index contributed by atoms with van der Waals surface area (Å²) in [6.45, 7) is 1.52. The van der Waals surface area contributed by atoms with Gasteiger partial charge in [0.2, 0.25) is 17.1 Å². The molecule has 0 radical (unpaired) electrons. The monoisotopic (exact) mass is 438 g/mol. The fourth-order valence-corrected chi connectivity index (χ4v) is 4.76. The van der Waals surface area contributed by atoms with Gasteiger partial charge in [0, 0.05) is 22.2 Å². The van der Waals surface area contributed by atoms with E-state index >= 15 is 0 Å². The van der Waals surface area contributed by atoms with Crippen LogP contribution in [0.1, 0.15) is 24.2 Å². The quantitative estimate of drug-likeness (QED) is 0.728. The largest absolute Gasteiger partial charge is 0.443 e. The van der Waals surface area contributed by atoms with Gasteiger partial charge >= 0.3 is 0 Å². The van der Waals surface area contributed by atoms with Crippen molar-refractivity contribution >= 4 is 17.5 Å². The number of halogens is 3. The highest BCUT2D eigenvalue weighted by Crippen LogP contribution is 2.69. The van der Waals surface area contributed by atoms with E-state index in [1.54, 1.807) is 30.3 Å². The summed E-state index contributed by atoms with van der Waals surface area (Å²) >= 11 is 6.12. The van der Waals surface area contributed by atoms with Crippen LogP contribution in [0.5, 0.6) is 0 Å². The highest BCUT2D eigenvalue weighted by molar-refractivity contribution is 6.30. The first-order valence-electron chi connectivity index (χ1n) is 9.13. The summed E-state index contributed by atoms with van der Waals surface area (Å²) in [7, 11) is 0. The van der Waals surface area contributed by atoms with Gasteiger partial charge in [0.25, 0.3) is 0 Å². The van der Waals surface area contributed by atoms with Gasteiger partial charge in [-0.05, 0) is 18.2 Å². The van der Waals surface area contributed by atoms with Crippen LogP contribution in [0.2, 0.25) is 5.02 Å². The molecule has 2 aliphatic heterocycles. The van der Waals surface area contributed by atoms with Crippen LogP contribution in [-0.2, 0) is 15.3 Å². The Morgan fingerprint density at radius 3 is 2.35 bits per heavy atom. The van der Waals surface area contributed by atoms with Gasteiger partial charge in [0.1, 0.15) is 17.7 Å². The number of nitriles is 3. The van der Waals surface area contributed by atoms with Crippen LogP contribution in [0.25, 0.3) is 0 Å². The third-order valence-electron chi connectivity index (χ3n) is 6.14. The zero-order chi connectivity index (χ0) is 22.6. The van der Waals surface area contributed by atoms with Gasteiger partial charge in [-0.3, -0.25) is 5.41 Å². The molecule has 4 atom stereocenters. The molecule has 0 saturated carbocycles. The predicted molar refractivity (Wildman–Crippen MR) is 103 cm³/mol. The van der Waals surface area contributed by atoms with Crippen molar-refractivity contribution in [2.75, 3.05) is 0 Å². The van der Waals surface area contributed by atoms with Crippen LogP contribution in [0, 0.1) is 67.8 Å². The SMILES string of the molecule is CC1C2(c3cccc(Cl)c3)OC(=N)C1(C#N)C(C#N)(C#N)C(c1ccc(F)cc1F)O2. The molecule has 9 heteroatoms. The molecule has 2 bridgehead atoms. The van der Waals surface area contributed by atoms with Gasteiger partial charge in [0.15, 0.2) is 5.41 Å². The molecule has 2 saturated heterocycles. The second-order valence-corrected chi connectivity index (χ2v) is 7.88. The Labute approximate surface area is 181 Å². The number of hydrogen-bond acceptors (Lipinski definition) is 6. The minimum Gasteiger partial charge on any atom is -0.443 e. The first-order valence-corrected chi connectivity index (χ1v) is 9.51. The van der Waals surface area contributed by atoms with E-state index in [2.05, 4.69) is 0 Å². The molecule has 0 aromatic heterocycles. The Morgan fingerprint density at radius 1 is 1.06 bits per heavy atom. The molecule has 2 fully saturated rings. The molecule has 154 valence electrons. The summed E-state index contributed by atoms with van der Waals surface area (Å²) in [4.78, 5) is 0. The van der Waals surface area contributed by atoms with Crippen LogP contribution < -0.4 is 0 Å². The Bertz CT molecular complexity index is 1230. The maximum absolute atomic E-state index is 14.8. The van der Waals surface area contributed by atoms with Gasteiger partial charge in [-0.2, -0.15) is 15.8 Å². The van der Waals surface area contributed by atoms with E-state index in [0.717, 1.165) is 12.1 Å². The number of nitrogens with one attached hydrogen (secondary N) is 1. The van der Waals surface area contributed by atoms with Crippen LogP contribution in [0.3, 0.4) is 0 Å². The number of hydrogen-bond donors (Lipinski definition) is 1. The average molecular weight is 439 g/mol. The number of ether oxygens (including phenoxy) is 2. The first kappa shape index (κ1) is 20.8. The molecule has 6 nitrogen and oxygen atoms in total. The Kier molecular flexibility index (Phi) is 4.52. The van der Waals surface area contributed by atoms with E-state index < -0.39 is 46.2 Å². The van der Waals surface area contributed by atoms with E-state index in [1.165, 1.54) is 13.0 Å². The third kappa shape index (κ3) is 2.39. The molecule has 31 heavy (non-hydrogen) atoms. The maximum Gasteiger partial charge on any atom is 0.244 e. The predicted octanol–water partition coefficient (Wildman–Crippen LogP) is 4.73. The van der Waals surface area contributed by atoms with Crippen molar-refractivity contribution in [1.29, 1.82) is 21.2 Å². The van der Waals surface area contributed by atoms with Gasteiger partial charge < -0.3 is 9.47 Å². The molecule has 0 spiro atoms. The van der Waals surface area contributed by atoms with Crippen LogP contribution in [0.4, 0.5) is 8.78 Å². The van der Waals surface area contributed by atoms with Crippen molar-refractivity contribution in [1.82, 2.24) is 0 Å². The molecule has 2 aromatic carbocycles. The van der Waals surface area contributed by atoms with E-state index in [0.29, 0.717) is 16.7 Å². The van der Waals surface area contributed by atoms with Crippen molar-refractivity contribution in [2.24, 2.45) is 16.7 Å². The normalized spacial score (nSPS) is 30.5. The fourth-order valence-electron chi connectivity index (χ4n) is 4.57. The molecule has 2 heterocycles. The summed E-state index contributed by atoms with van der Waals surface area (Å²) in [5.74, 6) is -5.39. The average Bonchev–Trinajstić information content (AvgIpc) is 2.90. The molecule has 0 aliphatic carbocycles. The minimum atomic E-state index is -2.35. The van der Waals surface area contributed by atoms with Gasteiger partial charge in [-0.15, -0.1) is 0 Å². The van der Waals surface area contributed by atoms with Crippen molar-refractivity contribution in [3.8, 4) is 18.2 Å². The number of nitrogens with zero attached hydrogens (tertiary/aromatic N) is 3. The van der Waals surface area contributed by atoms with Crippen LogP contribution >= 0.6 is 11.6 Å². The Morgan fingerprint density at radius 2 is 1.77 bits per heavy atom. The van der Waals surface area contributed by atoms with Crippen molar-refractivity contribution in [2.45, 2.75) is 18.8 Å². The van der Waals surface area contributed by atoms with Crippen LogP contribution in [0.15, 0.2) is 42.5 Å². The highest BCUT2D eigenvalue weighted by Gasteiger charge is 2.80. The smallest absolute Gasteiger partial charge is 0.244 e. The van der Waals surface area contributed by atoms with Crippen molar-refractivity contribution in [3.05, 3.63) is 70.2 Å². The number of fused-ring (bicyclic) bond motifs is 2. The highest BCUT2D eigenvalue weighted by atomic mass is 35.5. The lowest BCUT2D eigenvalue weighted by Crippen LogP contribution is -2.57. The molecule has 2 aromatic rings. The molecule has 4 unspecified atom stereocenters. The molecule has 1 N–H and O–H groups in total. The van der Waals surface area contributed by atoms with E-state index in [9.17, 15) is 24.6 Å². The number of rotatable bonds is 2. The van der Waals surface area contributed by atoms with E-state index in [4.69, 9.17) is 26.5 Å². The van der Waals surface area contributed by atoms with Gasteiger partial charge in [-0.25, -0.2) is 8.78 Å². The molecular formula is C22H13ClF2N4O2. The molecule has 2 aliphatic rings. The summed E-state index contributed by atoms with van der Waals surface area (Å²) < 4.78 is 40.3. The minimum absolute atomic E-state index is 0.305. The molecular weight excluding hydrogens is 426 g/mol. The number of benzene rings is 2. The molecule has 4 rings (SSSR count). The van der Waals surface area contributed by atoms with E-state index in [-0.39, 0.29) is 5.56 Å². The van der Waals surface area contributed by atoms with Gasteiger partial charge in [0.05, 0.1) is 24.1 Å². The zero-order valence-corrected chi connectivity index (χ0v) is 16.7. The van der Waals surface area contributed by atoms with Gasteiger partial charge in [-0.1, -0.05) is 36.7 Å². The Hall–Kier alpha value is -3.51. The van der Waals surface area contributed by atoms with E-state index in [1.807, 2.05) is 6.07 Å².